The largest absolute Gasteiger partial charge is 0.360 e. The molecule has 0 radical (unpaired) electrons. The maximum Gasteiger partial charge on any atom is 0.203 e. The molecule has 0 bridgehead atoms. The summed E-state index contributed by atoms with van der Waals surface area (Å²) < 4.78 is 0. The summed E-state index contributed by atoms with van der Waals surface area (Å²) in [7, 11) is 0. The number of anilines is 1. The van der Waals surface area contributed by atoms with E-state index >= 15 is 0 Å². The Morgan fingerprint density at radius 1 is 1.12 bits per heavy atom. The average Bonchev–Trinajstić information content (AvgIpc) is 3.27. The molecular weight excluding hydrogens is 328 g/mol. The number of hydrazone groups is 1. The summed E-state index contributed by atoms with van der Waals surface area (Å²) in [6, 6.07) is 18.6. The molecule has 5 heteroatoms. The summed E-state index contributed by atoms with van der Waals surface area (Å²) >= 11 is 1.56. The third-order valence-corrected chi connectivity index (χ3v) is 4.76. The second-order valence-corrected chi connectivity index (χ2v) is 6.77. The summed E-state index contributed by atoms with van der Waals surface area (Å²) in [5.41, 5.74) is 8.55. The van der Waals surface area contributed by atoms with Gasteiger partial charge >= 0.3 is 0 Å². The van der Waals surface area contributed by atoms with Crippen molar-refractivity contribution in [3.8, 4) is 11.3 Å². The third kappa shape index (κ3) is 3.46. The van der Waals surface area contributed by atoms with Crippen molar-refractivity contribution in [2.75, 3.05) is 5.43 Å². The van der Waals surface area contributed by atoms with Crippen molar-refractivity contribution < 1.29 is 0 Å². The molecular formula is C20H18N4S. The Bertz CT molecular complexity index is 1010. The number of rotatable bonds is 5. The van der Waals surface area contributed by atoms with Crippen molar-refractivity contribution in [1.82, 2.24) is 9.97 Å². The first kappa shape index (κ1) is 15.6. The highest BCUT2D eigenvalue weighted by molar-refractivity contribution is 7.14. The number of nitrogens with one attached hydrogen (secondary N) is 2. The predicted molar refractivity (Wildman–Crippen MR) is 106 cm³/mol. The molecule has 0 aliphatic rings. The molecule has 0 amide bonds. The summed E-state index contributed by atoms with van der Waals surface area (Å²) in [4.78, 5) is 7.95. The van der Waals surface area contributed by atoms with Crippen LogP contribution in [-0.4, -0.2) is 15.7 Å². The Morgan fingerprint density at radius 3 is 2.80 bits per heavy atom. The molecule has 2 heterocycles. The Kier molecular flexibility index (Phi) is 4.31. The van der Waals surface area contributed by atoms with E-state index in [1.807, 2.05) is 43.5 Å². The van der Waals surface area contributed by atoms with E-state index in [1.54, 1.807) is 11.3 Å². The van der Waals surface area contributed by atoms with E-state index in [-0.39, 0.29) is 0 Å². The van der Waals surface area contributed by atoms with Crippen LogP contribution in [0.1, 0.15) is 12.5 Å². The van der Waals surface area contributed by atoms with Crippen molar-refractivity contribution in [2.24, 2.45) is 5.10 Å². The van der Waals surface area contributed by atoms with Gasteiger partial charge in [-0.3, -0.25) is 5.43 Å². The van der Waals surface area contributed by atoms with Gasteiger partial charge in [0.2, 0.25) is 5.13 Å². The minimum absolute atomic E-state index is 0.799. The molecule has 4 nitrogen and oxygen atoms in total. The van der Waals surface area contributed by atoms with Gasteiger partial charge in [-0.05, 0) is 18.6 Å². The van der Waals surface area contributed by atoms with Crippen LogP contribution in [0.25, 0.3) is 22.2 Å². The molecule has 124 valence electrons. The molecule has 4 rings (SSSR count). The van der Waals surface area contributed by atoms with Gasteiger partial charge in [-0.15, -0.1) is 11.3 Å². The normalized spacial score (nSPS) is 11.8. The number of thiazole rings is 1. The minimum atomic E-state index is 0.799. The van der Waals surface area contributed by atoms with Gasteiger partial charge in [0.05, 0.1) is 5.69 Å². The lowest BCUT2D eigenvalue weighted by atomic mass is 10.1. The standard InChI is InChI=1S/C20H18N4S/c1-14(11-15-7-3-2-4-8-15)23-24-20-22-19(13-25-20)17-12-21-18-10-6-5-9-16(17)18/h2-10,12-13,21H,11H2,1H3,(H,22,24)/b23-14-. The number of nitrogens with zero attached hydrogens (tertiary/aromatic N) is 2. The zero-order chi connectivity index (χ0) is 17.1. The van der Waals surface area contributed by atoms with Crippen molar-refractivity contribution in [1.29, 1.82) is 0 Å². The smallest absolute Gasteiger partial charge is 0.203 e. The molecule has 0 spiro atoms. The molecule has 2 aromatic carbocycles. The second kappa shape index (κ2) is 6.91. The van der Waals surface area contributed by atoms with Crippen LogP contribution < -0.4 is 5.43 Å². The van der Waals surface area contributed by atoms with Crippen molar-refractivity contribution in [3.05, 3.63) is 71.7 Å². The van der Waals surface area contributed by atoms with E-state index in [9.17, 15) is 0 Å². The highest BCUT2D eigenvalue weighted by Gasteiger charge is 2.09. The molecule has 4 aromatic rings. The molecule has 2 aromatic heterocycles. The number of benzene rings is 2. The molecule has 0 saturated heterocycles. The van der Waals surface area contributed by atoms with Crippen LogP contribution in [0.15, 0.2) is 71.3 Å². The van der Waals surface area contributed by atoms with E-state index in [4.69, 9.17) is 0 Å². The number of aromatic nitrogens is 2. The molecule has 0 atom stereocenters. The lowest BCUT2D eigenvalue weighted by Gasteiger charge is -2.01. The van der Waals surface area contributed by atoms with Gasteiger partial charge in [-0.2, -0.15) is 5.10 Å². The fourth-order valence-electron chi connectivity index (χ4n) is 2.81. The number of aromatic amines is 1. The first-order valence-electron chi connectivity index (χ1n) is 8.15. The third-order valence-electron chi connectivity index (χ3n) is 4.01. The van der Waals surface area contributed by atoms with Crippen LogP contribution in [-0.2, 0) is 6.42 Å². The van der Waals surface area contributed by atoms with Crippen molar-refractivity contribution >= 4 is 33.1 Å². The topological polar surface area (TPSA) is 53.1 Å². The molecule has 0 aliphatic carbocycles. The second-order valence-electron chi connectivity index (χ2n) is 5.91. The van der Waals surface area contributed by atoms with Gasteiger partial charge in [0.25, 0.3) is 0 Å². The highest BCUT2D eigenvalue weighted by Crippen LogP contribution is 2.30. The maximum absolute atomic E-state index is 4.66. The molecule has 0 fully saturated rings. The number of H-pyrrole nitrogens is 1. The molecule has 0 saturated carbocycles. The number of hydrogen-bond donors (Lipinski definition) is 2. The van der Waals surface area contributed by atoms with Crippen LogP contribution in [0, 0.1) is 0 Å². The molecule has 0 aliphatic heterocycles. The lowest BCUT2D eigenvalue weighted by molar-refractivity contribution is 1.22. The van der Waals surface area contributed by atoms with Crippen molar-refractivity contribution in [3.63, 3.8) is 0 Å². The average molecular weight is 346 g/mol. The highest BCUT2D eigenvalue weighted by atomic mass is 32.1. The van der Waals surface area contributed by atoms with Gasteiger partial charge < -0.3 is 4.98 Å². The lowest BCUT2D eigenvalue weighted by Crippen LogP contribution is -2.01. The quantitative estimate of drug-likeness (QED) is 0.379. The first-order valence-corrected chi connectivity index (χ1v) is 9.03. The van der Waals surface area contributed by atoms with Gasteiger partial charge in [0, 0.05) is 40.2 Å². The van der Waals surface area contributed by atoms with Crippen LogP contribution in [0.5, 0.6) is 0 Å². The molecule has 0 unspecified atom stereocenters. The predicted octanol–water partition coefficient (Wildman–Crippen LogP) is 5.32. The molecule has 25 heavy (non-hydrogen) atoms. The fraction of sp³-hybridized carbons (Fsp3) is 0.100. The van der Waals surface area contributed by atoms with E-state index in [2.05, 4.69) is 50.1 Å². The van der Waals surface area contributed by atoms with Crippen LogP contribution in [0.4, 0.5) is 5.13 Å². The number of hydrogen-bond acceptors (Lipinski definition) is 4. The summed E-state index contributed by atoms with van der Waals surface area (Å²) in [6.45, 7) is 2.02. The van der Waals surface area contributed by atoms with E-state index < -0.39 is 0 Å². The number of fused-ring (bicyclic) bond motifs is 1. The van der Waals surface area contributed by atoms with Crippen LogP contribution in [0.2, 0.25) is 0 Å². The summed E-state index contributed by atoms with van der Waals surface area (Å²) in [5.74, 6) is 0. The van der Waals surface area contributed by atoms with Gasteiger partial charge in [-0.1, -0.05) is 48.5 Å². The fourth-order valence-corrected chi connectivity index (χ4v) is 3.46. The van der Waals surface area contributed by atoms with Crippen molar-refractivity contribution in [2.45, 2.75) is 13.3 Å². The maximum atomic E-state index is 4.66. The SMILES string of the molecule is C/C(Cc1ccccc1)=N/Nc1nc(-c2c[nH]c3ccccc23)cs1. The zero-order valence-corrected chi connectivity index (χ0v) is 14.7. The van der Waals surface area contributed by atoms with Gasteiger partial charge in [-0.25, -0.2) is 4.98 Å². The zero-order valence-electron chi connectivity index (χ0n) is 13.9. The Labute approximate surface area is 150 Å². The Morgan fingerprint density at radius 2 is 1.92 bits per heavy atom. The minimum Gasteiger partial charge on any atom is -0.360 e. The van der Waals surface area contributed by atoms with E-state index in [0.29, 0.717) is 0 Å². The van der Waals surface area contributed by atoms with E-state index in [1.165, 1.54) is 10.9 Å². The van der Waals surface area contributed by atoms with E-state index in [0.717, 1.165) is 34.0 Å². The van der Waals surface area contributed by atoms with Crippen LogP contribution in [0.3, 0.4) is 0 Å². The summed E-state index contributed by atoms with van der Waals surface area (Å²) in [6.07, 6.45) is 2.84. The number of para-hydroxylation sites is 1. The Balaban J connectivity index is 1.49. The Hall–Kier alpha value is -2.92. The molecule has 2 N–H and O–H groups in total. The van der Waals surface area contributed by atoms with Crippen LogP contribution >= 0.6 is 11.3 Å². The van der Waals surface area contributed by atoms with Gasteiger partial charge in [0.15, 0.2) is 0 Å². The first-order chi connectivity index (χ1) is 12.3. The summed E-state index contributed by atoms with van der Waals surface area (Å²) in [5, 5.41) is 8.49. The van der Waals surface area contributed by atoms with Gasteiger partial charge in [0.1, 0.15) is 0 Å². The monoisotopic (exact) mass is 346 g/mol.